The molecule has 1 aliphatic rings. The molecule has 3 heterocycles. The van der Waals surface area contributed by atoms with Crippen molar-refractivity contribution in [1.29, 1.82) is 0 Å². The Hall–Kier alpha value is -1.83. The number of aryl methyl sites for hydroxylation is 2. The summed E-state index contributed by atoms with van der Waals surface area (Å²) in [6, 6.07) is 4.34. The highest BCUT2D eigenvalue weighted by molar-refractivity contribution is 7.15. The van der Waals surface area contributed by atoms with E-state index in [0.29, 0.717) is 11.0 Å². The van der Waals surface area contributed by atoms with E-state index in [9.17, 15) is 4.79 Å². The fourth-order valence-corrected chi connectivity index (χ4v) is 4.30. The number of rotatable bonds is 5. The Kier molecular flexibility index (Phi) is 6.34. The molecule has 0 saturated carbocycles. The van der Waals surface area contributed by atoms with Gasteiger partial charge in [-0.2, -0.15) is 0 Å². The fraction of sp³-hybridized carbons (Fsp3) is 0.526. The molecule has 0 radical (unpaired) electrons. The second-order valence-corrected chi connectivity index (χ2v) is 8.07. The van der Waals surface area contributed by atoms with Crippen molar-refractivity contribution in [1.82, 2.24) is 14.9 Å². The van der Waals surface area contributed by atoms with Gasteiger partial charge in [0.05, 0.1) is 13.2 Å². The maximum atomic E-state index is 11.1. The van der Waals surface area contributed by atoms with Crippen molar-refractivity contribution >= 4 is 22.4 Å². The average molecular weight is 377 g/mol. The molecule has 0 aromatic carbocycles. The van der Waals surface area contributed by atoms with E-state index < -0.39 is 0 Å². The molecule has 0 spiro atoms. The Labute approximate surface area is 160 Å². The lowest BCUT2D eigenvalue weighted by Gasteiger charge is -2.22. The molecule has 2 aromatic rings. The van der Waals surface area contributed by atoms with Gasteiger partial charge in [-0.15, -0.1) is 11.3 Å². The van der Waals surface area contributed by atoms with Gasteiger partial charge >= 0.3 is 0 Å². The van der Waals surface area contributed by atoms with Gasteiger partial charge in [-0.1, -0.05) is 0 Å². The minimum atomic E-state index is -0.0860. The van der Waals surface area contributed by atoms with E-state index in [4.69, 9.17) is 4.74 Å². The van der Waals surface area contributed by atoms with Crippen LogP contribution in [-0.2, 0) is 22.5 Å². The van der Waals surface area contributed by atoms with E-state index in [-0.39, 0.29) is 7.33 Å². The van der Waals surface area contributed by atoms with Gasteiger partial charge < -0.3 is 10.1 Å². The number of nitrogens with one attached hydrogen (secondary N) is 1. The van der Waals surface area contributed by atoms with Crippen molar-refractivity contribution in [2.24, 2.45) is 5.92 Å². The van der Waals surface area contributed by atoms with E-state index in [1.54, 1.807) is 0 Å². The molecule has 1 unspecified atom stereocenters. The van der Waals surface area contributed by atoms with Crippen LogP contribution in [0.25, 0.3) is 0 Å². The Balaban J connectivity index is 0.00000261. The van der Waals surface area contributed by atoms with Crippen LogP contribution in [0.3, 0.4) is 0 Å². The summed E-state index contributed by atoms with van der Waals surface area (Å²) in [5.74, 6) is 0.374. The first-order valence-corrected chi connectivity index (χ1v) is 9.76. The molecule has 1 fully saturated rings. The molecule has 26 heavy (non-hydrogen) atoms. The SMILES string of the molecule is CC(=O)Nc1ncc(CN2CCOCC(Cc3cc(C)nc(C)c3)C2)s1.[HH]. The molecule has 1 aliphatic heterocycles. The van der Waals surface area contributed by atoms with Gasteiger partial charge in [0.15, 0.2) is 5.13 Å². The number of pyridine rings is 1. The molecule has 3 rings (SSSR count). The number of carbonyl (C=O) groups excluding carboxylic acids is 1. The zero-order chi connectivity index (χ0) is 18.5. The molecule has 1 atom stereocenters. The van der Waals surface area contributed by atoms with Crippen LogP contribution in [0.15, 0.2) is 18.3 Å². The van der Waals surface area contributed by atoms with E-state index in [1.165, 1.54) is 23.8 Å². The van der Waals surface area contributed by atoms with Crippen LogP contribution in [0.2, 0.25) is 0 Å². The minimum absolute atomic E-state index is 0. The molecule has 6 nitrogen and oxygen atoms in total. The number of nitrogens with zero attached hydrogens (tertiary/aromatic N) is 3. The van der Waals surface area contributed by atoms with Crippen LogP contribution in [0.5, 0.6) is 0 Å². The summed E-state index contributed by atoms with van der Waals surface area (Å²) < 4.78 is 5.84. The second-order valence-electron chi connectivity index (χ2n) is 6.95. The third kappa shape index (κ3) is 5.59. The van der Waals surface area contributed by atoms with Gasteiger partial charge in [0.2, 0.25) is 5.91 Å². The van der Waals surface area contributed by atoms with E-state index in [2.05, 4.69) is 32.3 Å². The number of anilines is 1. The van der Waals surface area contributed by atoms with Crippen LogP contribution >= 0.6 is 11.3 Å². The van der Waals surface area contributed by atoms with Crippen molar-refractivity contribution in [3.63, 3.8) is 0 Å². The lowest BCUT2D eigenvalue weighted by atomic mass is 9.99. The van der Waals surface area contributed by atoms with Gasteiger partial charge in [0.1, 0.15) is 0 Å². The molecular formula is C19H28N4O2S. The predicted octanol–water partition coefficient (Wildman–Crippen LogP) is 3.05. The molecule has 0 aliphatic carbocycles. The topological polar surface area (TPSA) is 67.4 Å². The Bertz CT molecular complexity index is 748. The first-order valence-electron chi connectivity index (χ1n) is 8.94. The van der Waals surface area contributed by atoms with Crippen molar-refractivity contribution in [2.45, 2.75) is 33.7 Å². The van der Waals surface area contributed by atoms with Gasteiger partial charge in [-0.3, -0.25) is 14.7 Å². The summed E-state index contributed by atoms with van der Waals surface area (Å²) in [6.07, 6.45) is 2.85. The van der Waals surface area contributed by atoms with Crippen LogP contribution in [0.4, 0.5) is 5.13 Å². The summed E-state index contributed by atoms with van der Waals surface area (Å²) in [4.78, 5) is 23.5. The van der Waals surface area contributed by atoms with Crippen molar-refractivity contribution in [2.75, 3.05) is 31.6 Å². The molecule has 2 aromatic heterocycles. The van der Waals surface area contributed by atoms with Gasteiger partial charge in [-0.05, 0) is 43.9 Å². The van der Waals surface area contributed by atoms with Crippen LogP contribution in [0.1, 0.15) is 30.2 Å². The summed E-state index contributed by atoms with van der Waals surface area (Å²) in [6.45, 7) is 9.88. The third-order valence-corrected chi connectivity index (χ3v) is 5.20. The van der Waals surface area contributed by atoms with Crippen molar-refractivity contribution in [3.8, 4) is 0 Å². The maximum absolute atomic E-state index is 11.1. The summed E-state index contributed by atoms with van der Waals surface area (Å²) in [5, 5.41) is 3.41. The molecule has 7 heteroatoms. The van der Waals surface area contributed by atoms with Crippen LogP contribution < -0.4 is 5.32 Å². The number of ether oxygens (including phenoxy) is 1. The van der Waals surface area contributed by atoms with Crippen molar-refractivity contribution < 1.29 is 11.0 Å². The largest absolute Gasteiger partial charge is 0.380 e. The molecular weight excluding hydrogens is 348 g/mol. The highest BCUT2D eigenvalue weighted by atomic mass is 32.1. The molecule has 142 valence electrons. The lowest BCUT2D eigenvalue weighted by molar-refractivity contribution is -0.114. The summed E-state index contributed by atoms with van der Waals surface area (Å²) >= 11 is 1.54. The standard InChI is InChI=1S/C19H26N4O2S.H2/c1-13-6-16(7-14(2)21-13)8-17-10-23(4-5-25-12-17)11-18-9-20-19(26-18)22-15(3)24;/h6-7,9,17H,4-5,8,10-12H2,1-3H3,(H,20,22,24);1H. The fourth-order valence-electron chi connectivity index (χ4n) is 3.40. The lowest BCUT2D eigenvalue weighted by Crippen LogP contribution is -2.30. The number of hydrogen-bond donors (Lipinski definition) is 1. The van der Waals surface area contributed by atoms with E-state index in [0.717, 1.165) is 55.5 Å². The molecule has 1 saturated heterocycles. The molecule has 1 N–H and O–H groups in total. The minimum Gasteiger partial charge on any atom is -0.380 e. The van der Waals surface area contributed by atoms with Gasteiger partial charge in [-0.25, -0.2) is 4.98 Å². The summed E-state index contributed by atoms with van der Waals surface area (Å²) in [5.41, 5.74) is 3.47. The highest BCUT2D eigenvalue weighted by Crippen LogP contribution is 2.22. The average Bonchev–Trinajstić information content (AvgIpc) is 2.84. The zero-order valence-corrected chi connectivity index (χ0v) is 16.4. The van der Waals surface area contributed by atoms with E-state index >= 15 is 0 Å². The summed E-state index contributed by atoms with van der Waals surface area (Å²) in [7, 11) is 0. The second kappa shape index (κ2) is 8.70. The quantitative estimate of drug-likeness (QED) is 0.869. The number of carbonyl (C=O) groups is 1. The predicted molar refractivity (Wildman–Crippen MR) is 106 cm³/mol. The van der Waals surface area contributed by atoms with Crippen molar-refractivity contribution in [3.05, 3.63) is 40.2 Å². The number of hydrogen-bond acceptors (Lipinski definition) is 6. The normalized spacial score (nSPS) is 18.5. The monoisotopic (exact) mass is 376 g/mol. The Morgan fingerprint density at radius 3 is 2.92 bits per heavy atom. The Morgan fingerprint density at radius 1 is 1.42 bits per heavy atom. The zero-order valence-electron chi connectivity index (χ0n) is 15.6. The van der Waals surface area contributed by atoms with E-state index in [1.807, 2.05) is 20.0 Å². The smallest absolute Gasteiger partial charge is 0.223 e. The molecule has 0 bridgehead atoms. The van der Waals surface area contributed by atoms with Crippen LogP contribution in [0, 0.1) is 19.8 Å². The first kappa shape index (κ1) is 18.9. The number of thiazole rings is 1. The first-order chi connectivity index (χ1) is 12.5. The Morgan fingerprint density at radius 2 is 2.19 bits per heavy atom. The third-order valence-electron chi connectivity index (χ3n) is 4.30. The van der Waals surface area contributed by atoms with Crippen LogP contribution in [-0.4, -0.2) is 47.1 Å². The van der Waals surface area contributed by atoms with Gasteiger partial charge in [0, 0.05) is 50.4 Å². The number of amides is 1. The highest BCUT2D eigenvalue weighted by Gasteiger charge is 2.20. The van der Waals surface area contributed by atoms with Gasteiger partial charge in [0.25, 0.3) is 0 Å². The number of aromatic nitrogens is 2. The molecule has 1 amide bonds. The maximum Gasteiger partial charge on any atom is 0.223 e.